The molecular weight excluding hydrogens is 496 g/mol. The molecule has 0 spiro atoms. The molecule has 0 amide bonds. The molecule has 0 aliphatic rings. The summed E-state index contributed by atoms with van der Waals surface area (Å²) in [5.74, 6) is -1.78. The molecule has 8 nitrogen and oxygen atoms in total. The van der Waals surface area contributed by atoms with Crippen LogP contribution in [0.4, 0.5) is 0 Å². The number of carbonyl (C=O) groups excluding carboxylic acids is 1. The third-order valence-corrected chi connectivity index (χ3v) is 5.26. The summed E-state index contributed by atoms with van der Waals surface area (Å²) in [6.07, 6.45) is 0. The summed E-state index contributed by atoms with van der Waals surface area (Å²) in [6.45, 7) is 0.927. The molecule has 0 saturated carbocycles. The summed E-state index contributed by atoms with van der Waals surface area (Å²) in [5.41, 5.74) is -0.420. The number of aliphatic hydroxyl groups is 4. The Hall–Kier alpha value is -2.30. The number of hydrogen-bond donors (Lipinski definition) is 5. The molecule has 0 saturated heterocycles. The number of benzene rings is 2. The van der Waals surface area contributed by atoms with Crippen molar-refractivity contribution in [1.82, 2.24) is 0 Å². The molecule has 0 radical (unpaired) electrons. The molecule has 0 aliphatic heterocycles. The monoisotopic (exact) mass is 528 g/mol. The van der Waals surface area contributed by atoms with Crippen molar-refractivity contribution in [3.05, 3.63) is 71.8 Å². The maximum atomic E-state index is 11.6. The summed E-state index contributed by atoms with van der Waals surface area (Å²) < 4.78 is 5.02. The second-order valence-corrected chi connectivity index (χ2v) is 8.30. The minimum Gasteiger partial charge on any atom is -0.481 e. The molecule has 0 bridgehead atoms. The second kappa shape index (κ2) is 16.3. The summed E-state index contributed by atoms with van der Waals surface area (Å²) in [4.78, 5) is 21.7. The molecule has 5 N–H and O–H groups in total. The standard InChI is InChI=1S/C12H16O4.C7H7Br.C5H10O4/c1-12(8-13,9-14)11(15)16-7-10-5-3-2-4-6-10;8-6-7-4-2-1-3-5-7;1-5(2-6,3-7)4(8)9/h2-6,13-14H,7-9H2,1H3;1-5H,6H2;6-7H,2-3H2,1H3,(H,8,9). The normalized spacial score (nSPS) is 10.8. The van der Waals surface area contributed by atoms with E-state index >= 15 is 0 Å². The zero-order valence-electron chi connectivity index (χ0n) is 18.9. The van der Waals surface area contributed by atoms with Crippen LogP contribution in [0.1, 0.15) is 25.0 Å². The molecule has 2 aromatic carbocycles. The molecular formula is C24H33BrO8. The molecule has 9 heteroatoms. The van der Waals surface area contributed by atoms with Crippen molar-refractivity contribution >= 4 is 27.9 Å². The van der Waals surface area contributed by atoms with E-state index < -0.39 is 49.2 Å². The minimum absolute atomic E-state index is 0.148. The van der Waals surface area contributed by atoms with Gasteiger partial charge in [0.1, 0.15) is 17.4 Å². The zero-order valence-corrected chi connectivity index (χ0v) is 20.4. The largest absolute Gasteiger partial charge is 0.481 e. The Morgan fingerprint density at radius 1 is 0.758 bits per heavy atom. The fourth-order valence-corrected chi connectivity index (χ4v) is 2.20. The zero-order chi connectivity index (χ0) is 25.3. The van der Waals surface area contributed by atoms with Gasteiger partial charge in [0.25, 0.3) is 0 Å². The lowest BCUT2D eigenvalue weighted by molar-refractivity contribution is -0.161. The van der Waals surface area contributed by atoms with Crippen molar-refractivity contribution in [2.24, 2.45) is 10.8 Å². The van der Waals surface area contributed by atoms with Crippen molar-refractivity contribution < 1.29 is 39.9 Å². The van der Waals surface area contributed by atoms with Gasteiger partial charge in [0, 0.05) is 5.33 Å². The molecule has 2 rings (SSSR count). The number of carboxylic acid groups (broad SMARTS) is 1. The van der Waals surface area contributed by atoms with Crippen LogP contribution in [0.5, 0.6) is 0 Å². The fraction of sp³-hybridized carbons (Fsp3) is 0.417. The van der Waals surface area contributed by atoms with Gasteiger partial charge >= 0.3 is 11.9 Å². The van der Waals surface area contributed by atoms with E-state index in [9.17, 15) is 9.59 Å². The molecule has 2 aromatic rings. The van der Waals surface area contributed by atoms with Gasteiger partial charge in [0.2, 0.25) is 0 Å². The Labute approximate surface area is 202 Å². The highest BCUT2D eigenvalue weighted by molar-refractivity contribution is 9.08. The molecule has 0 atom stereocenters. The summed E-state index contributed by atoms with van der Waals surface area (Å²) in [7, 11) is 0. The van der Waals surface area contributed by atoms with E-state index in [-0.39, 0.29) is 6.61 Å². The van der Waals surface area contributed by atoms with Crippen LogP contribution in [0, 0.1) is 10.8 Å². The maximum absolute atomic E-state index is 11.6. The lowest BCUT2D eigenvalue weighted by atomic mass is 9.93. The summed E-state index contributed by atoms with van der Waals surface area (Å²) in [6, 6.07) is 19.5. The number of esters is 1. The van der Waals surface area contributed by atoms with Crippen molar-refractivity contribution in [1.29, 1.82) is 0 Å². The molecule has 0 unspecified atom stereocenters. The quantitative estimate of drug-likeness (QED) is 0.246. The van der Waals surface area contributed by atoms with E-state index in [2.05, 4.69) is 28.1 Å². The number of rotatable bonds is 9. The van der Waals surface area contributed by atoms with Gasteiger partial charge in [0.05, 0.1) is 26.4 Å². The van der Waals surface area contributed by atoms with E-state index in [0.717, 1.165) is 10.9 Å². The van der Waals surface area contributed by atoms with Gasteiger partial charge in [-0.3, -0.25) is 9.59 Å². The van der Waals surface area contributed by atoms with Crippen LogP contribution < -0.4 is 0 Å². The van der Waals surface area contributed by atoms with E-state index in [1.807, 2.05) is 48.5 Å². The SMILES string of the molecule is BrCc1ccccc1.CC(CO)(CO)C(=O)O.CC(CO)(CO)C(=O)OCc1ccccc1. The average molecular weight is 529 g/mol. The highest BCUT2D eigenvalue weighted by Gasteiger charge is 2.33. The van der Waals surface area contributed by atoms with Gasteiger partial charge < -0.3 is 30.3 Å². The van der Waals surface area contributed by atoms with E-state index in [1.54, 1.807) is 0 Å². The molecule has 0 aromatic heterocycles. The van der Waals surface area contributed by atoms with Gasteiger partial charge in [0.15, 0.2) is 0 Å². The first kappa shape index (κ1) is 30.7. The summed E-state index contributed by atoms with van der Waals surface area (Å²) in [5, 5.41) is 44.1. The van der Waals surface area contributed by atoms with Gasteiger partial charge in [-0.15, -0.1) is 0 Å². The van der Waals surface area contributed by atoms with Crippen molar-refractivity contribution in [3.63, 3.8) is 0 Å². The number of ether oxygens (including phenoxy) is 1. The topological polar surface area (TPSA) is 145 Å². The molecule has 184 valence electrons. The second-order valence-electron chi connectivity index (χ2n) is 7.74. The Morgan fingerprint density at radius 2 is 1.15 bits per heavy atom. The third-order valence-electron chi connectivity index (χ3n) is 4.61. The van der Waals surface area contributed by atoms with Crippen molar-refractivity contribution in [3.8, 4) is 0 Å². The number of carboxylic acids is 1. The molecule has 0 fully saturated rings. The Kier molecular flexibility index (Phi) is 15.2. The number of aliphatic carboxylic acids is 1. The van der Waals surface area contributed by atoms with Crippen LogP contribution >= 0.6 is 15.9 Å². The predicted molar refractivity (Wildman–Crippen MR) is 128 cm³/mol. The third kappa shape index (κ3) is 11.4. The van der Waals surface area contributed by atoms with Crippen molar-refractivity contribution in [2.75, 3.05) is 26.4 Å². The van der Waals surface area contributed by atoms with Crippen LogP contribution in [0.3, 0.4) is 0 Å². The van der Waals surface area contributed by atoms with Crippen LogP contribution in [-0.4, -0.2) is 63.9 Å². The number of carbonyl (C=O) groups is 2. The Balaban J connectivity index is 0.000000510. The van der Waals surface area contributed by atoms with Gasteiger partial charge in [-0.1, -0.05) is 76.6 Å². The lowest BCUT2D eigenvalue weighted by Gasteiger charge is -2.22. The van der Waals surface area contributed by atoms with E-state index in [1.165, 1.54) is 19.4 Å². The van der Waals surface area contributed by atoms with Crippen LogP contribution in [0.25, 0.3) is 0 Å². The smallest absolute Gasteiger partial charge is 0.316 e. The number of alkyl halides is 1. The number of aliphatic hydroxyl groups excluding tert-OH is 4. The van der Waals surface area contributed by atoms with Gasteiger partial charge in [-0.05, 0) is 25.0 Å². The first-order valence-electron chi connectivity index (χ1n) is 10.1. The van der Waals surface area contributed by atoms with Gasteiger partial charge in [-0.25, -0.2) is 0 Å². The Morgan fingerprint density at radius 3 is 1.42 bits per heavy atom. The fourth-order valence-electron chi connectivity index (χ4n) is 1.83. The Bertz CT molecular complexity index is 791. The maximum Gasteiger partial charge on any atom is 0.316 e. The van der Waals surface area contributed by atoms with Gasteiger partial charge in [-0.2, -0.15) is 0 Å². The number of hydrogen-bond acceptors (Lipinski definition) is 7. The highest BCUT2D eigenvalue weighted by atomic mass is 79.9. The first-order chi connectivity index (χ1) is 15.6. The van der Waals surface area contributed by atoms with E-state index in [0.29, 0.717) is 0 Å². The first-order valence-corrected chi connectivity index (χ1v) is 11.2. The summed E-state index contributed by atoms with van der Waals surface area (Å²) >= 11 is 3.36. The predicted octanol–water partition coefficient (Wildman–Crippen LogP) is 2.36. The van der Waals surface area contributed by atoms with E-state index in [4.69, 9.17) is 30.3 Å². The average Bonchev–Trinajstić information content (AvgIpc) is 2.87. The number of halogens is 1. The van der Waals surface area contributed by atoms with Crippen LogP contribution in [-0.2, 0) is 26.3 Å². The van der Waals surface area contributed by atoms with Crippen LogP contribution in [0.2, 0.25) is 0 Å². The lowest BCUT2D eigenvalue weighted by Crippen LogP contribution is -2.36. The highest BCUT2D eigenvalue weighted by Crippen LogP contribution is 2.17. The van der Waals surface area contributed by atoms with Crippen molar-refractivity contribution in [2.45, 2.75) is 25.8 Å². The van der Waals surface area contributed by atoms with Crippen LogP contribution in [0.15, 0.2) is 60.7 Å². The molecule has 33 heavy (non-hydrogen) atoms. The molecule has 0 heterocycles. The molecule has 0 aliphatic carbocycles. The minimum atomic E-state index is -1.39.